The predicted octanol–water partition coefficient (Wildman–Crippen LogP) is 1.75. The van der Waals surface area contributed by atoms with E-state index in [1.807, 2.05) is 6.92 Å². The van der Waals surface area contributed by atoms with Crippen LogP contribution in [0, 0.1) is 6.92 Å². The molecular formula is C12H20O4S. The minimum Gasteiger partial charge on any atom is -0.485 e. The molecule has 98 valence electrons. The maximum absolute atomic E-state index is 8.99. The van der Waals surface area contributed by atoms with E-state index in [9.17, 15) is 0 Å². The third-order valence-electron chi connectivity index (χ3n) is 2.28. The average Bonchev–Trinajstić information content (AvgIpc) is 2.66. The highest BCUT2D eigenvalue weighted by Gasteiger charge is 2.26. The standard InChI is InChI=1S/C10H14O3S.C2H6O/c1-3-8-10-9(6(2)14-8)12-5-7(4-11)13-10;1-2-3/h7,11H,3-5H2,1-2H3;3H,2H2,1H3. The highest BCUT2D eigenvalue weighted by Crippen LogP contribution is 2.44. The van der Waals surface area contributed by atoms with Gasteiger partial charge in [-0.15, -0.1) is 11.3 Å². The van der Waals surface area contributed by atoms with E-state index >= 15 is 0 Å². The molecular weight excluding hydrogens is 240 g/mol. The van der Waals surface area contributed by atoms with Crippen molar-refractivity contribution in [3.63, 3.8) is 0 Å². The molecule has 17 heavy (non-hydrogen) atoms. The first-order valence-corrected chi connectivity index (χ1v) is 6.62. The first kappa shape index (κ1) is 14.3. The Labute approximate surface area is 106 Å². The van der Waals surface area contributed by atoms with Crippen LogP contribution in [-0.4, -0.2) is 36.1 Å². The monoisotopic (exact) mass is 260 g/mol. The molecule has 0 spiro atoms. The van der Waals surface area contributed by atoms with Crippen LogP contribution < -0.4 is 9.47 Å². The number of aliphatic hydroxyl groups excluding tert-OH is 2. The largest absolute Gasteiger partial charge is 0.485 e. The van der Waals surface area contributed by atoms with Gasteiger partial charge in [-0.05, 0) is 20.3 Å². The van der Waals surface area contributed by atoms with E-state index in [4.69, 9.17) is 19.7 Å². The average molecular weight is 260 g/mol. The summed E-state index contributed by atoms with van der Waals surface area (Å²) in [7, 11) is 0. The minimum absolute atomic E-state index is 0.0114. The van der Waals surface area contributed by atoms with Crippen LogP contribution in [0.4, 0.5) is 0 Å². The van der Waals surface area contributed by atoms with Gasteiger partial charge in [-0.1, -0.05) is 6.92 Å². The highest BCUT2D eigenvalue weighted by molar-refractivity contribution is 7.12. The van der Waals surface area contributed by atoms with Crippen LogP contribution in [0.25, 0.3) is 0 Å². The van der Waals surface area contributed by atoms with Gasteiger partial charge in [-0.2, -0.15) is 0 Å². The molecule has 0 aromatic carbocycles. The molecule has 0 saturated heterocycles. The Morgan fingerprint density at radius 3 is 2.47 bits per heavy atom. The molecule has 4 nitrogen and oxygen atoms in total. The van der Waals surface area contributed by atoms with Crippen LogP contribution in [-0.2, 0) is 6.42 Å². The van der Waals surface area contributed by atoms with E-state index in [0.29, 0.717) is 6.61 Å². The molecule has 1 unspecified atom stereocenters. The lowest BCUT2D eigenvalue weighted by molar-refractivity contribution is 0.0455. The van der Waals surface area contributed by atoms with Gasteiger partial charge in [0, 0.05) is 11.5 Å². The van der Waals surface area contributed by atoms with E-state index in [0.717, 1.165) is 22.8 Å². The maximum atomic E-state index is 8.99. The molecule has 5 heteroatoms. The van der Waals surface area contributed by atoms with Crippen molar-refractivity contribution in [1.82, 2.24) is 0 Å². The summed E-state index contributed by atoms with van der Waals surface area (Å²) in [5.74, 6) is 1.72. The van der Waals surface area contributed by atoms with Crippen LogP contribution in [0.15, 0.2) is 0 Å². The first-order chi connectivity index (χ1) is 8.17. The van der Waals surface area contributed by atoms with Crippen LogP contribution >= 0.6 is 11.3 Å². The SMILES string of the molecule is CCO.CCc1sc(C)c2c1OC(CO)CO2. The molecule has 0 aliphatic carbocycles. The van der Waals surface area contributed by atoms with Crippen LogP contribution in [0.1, 0.15) is 23.6 Å². The molecule has 1 atom stereocenters. The molecule has 2 rings (SSSR count). The zero-order valence-corrected chi connectivity index (χ0v) is 11.3. The summed E-state index contributed by atoms with van der Waals surface area (Å²) in [4.78, 5) is 2.36. The topological polar surface area (TPSA) is 58.9 Å². The fourth-order valence-electron chi connectivity index (χ4n) is 1.55. The second-order valence-corrected chi connectivity index (χ2v) is 4.95. The van der Waals surface area contributed by atoms with E-state index in [-0.39, 0.29) is 19.3 Å². The summed E-state index contributed by atoms with van der Waals surface area (Å²) < 4.78 is 11.2. The molecule has 0 bridgehead atoms. The van der Waals surface area contributed by atoms with Gasteiger partial charge in [0.2, 0.25) is 0 Å². The van der Waals surface area contributed by atoms with Crippen molar-refractivity contribution in [2.24, 2.45) is 0 Å². The molecule has 0 amide bonds. The van der Waals surface area contributed by atoms with Gasteiger partial charge in [0.1, 0.15) is 6.61 Å². The van der Waals surface area contributed by atoms with Crippen LogP contribution in [0.5, 0.6) is 11.5 Å². The van der Waals surface area contributed by atoms with Crippen molar-refractivity contribution in [3.8, 4) is 11.5 Å². The lowest BCUT2D eigenvalue weighted by atomic mass is 10.2. The fraction of sp³-hybridized carbons (Fsp3) is 0.667. The van der Waals surface area contributed by atoms with Crippen molar-refractivity contribution in [2.45, 2.75) is 33.3 Å². The second-order valence-electron chi connectivity index (χ2n) is 3.64. The number of thiophene rings is 1. The number of fused-ring (bicyclic) bond motifs is 1. The van der Waals surface area contributed by atoms with Gasteiger partial charge < -0.3 is 19.7 Å². The highest BCUT2D eigenvalue weighted by atomic mass is 32.1. The molecule has 1 aromatic heterocycles. The first-order valence-electron chi connectivity index (χ1n) is 5.81. The number of hydrogen-bond acceptors (Lipinski definition) is 5. The number of ether oxygens (including phenoxy) is 2. The van der Waals surface area contributed by atoms with Crippen molar-refractivity contribution in [2.75, 3.05) is 19.8 Å². The summed E-state index contributed by atoms with van der Waals surface area (Å²) in [6, 6.07) is 0. The van der Waals surface area contributed by atoms with E-state index in [2.05, 4.69) is 6.92 Å². The van der Waals surface area contributed by atoms with Gasteiger partial charge >= 0.3 is 0 Å². The van der Waals surface area contributed by atoms with E-state index in [1.54, 1.807) is 18.3 Å². The maximum Gasteiger partial charge on any atom is 0.176 e. The summed E-state index contributed by atoms with van der Waals surface area (Å²) in [5.41, 5.74) is 0. The lowest BCUT2D eigenvalue weighted by Crippen LogP contribution is -2.32. The third-order valence-corrected chi connectivity index (χ3v) is 3.49. The fourth-order valence-corrected chi connectivity index (χ4v) is 2.54. The van der Waals surface area contributed by atoms with Gasteiger partial charge in [0.05, 0.1) is 11.5 Å². The number of rotatable bonds is 2. The van der Waals surface area contributed by atoms with Gasteiger partial charge in [0.25, 0.3) is 0 Å². The Hall–Kier alpha value is -0.780. The third kappa shape index (κ3) is 3.34. The molecule has 1 aliphatic rings. The quantitative estimate of drug-likeness (QED) is 0.850. The Morgan fingerprint density at radius 2 is 1.94 bits per heavy atom. The molecule has 0 radical (unpaired) electrons. The Bertz CT molecular complexity index is 349. The van der Waals surface area contributed by atoms with Gasteiger partial charge in [0.15, 0.2) is 17.6 Å². The van der Waals surface area contributed by atoms with Crippen LogP contribution in [0.2, 0.25) is 0 Å². The molecule has 0 fully saturated rings. The normalized spacial score (nSPS) is 17.4. The summed E-state index contributed by atoms with van der Waals surface area (Å²) >= 11 is 1.71. The van der Waals surface area contributed by atoms with Gasteiger partial charge in [-0.25, -0.2) is 0 Å². The van der Waals surface area contributed by atoms with Crippen LogP contribution in [0.3, 0.4) is 0 Å². The van der Waals surface area contributed by atoms with Crippen molar-refractivity contribution in [1.29, 1.82) is 0 Å². The zero-order chi connectivity index (χ0) is 12.8. The molecule has 0 saturated carbocycles. The van der Waals surface area contributed by atoms with Gasteiger partial charge in [-0.3, -0.25) is 0 Å². The number of aliphatic hydroxyl groups is 2. The minimum atomic E-state index is -0.207. The Kier molecular flexibility index (Phi) is 5.74. The van der Waals surface area contributed by atoms with E-state index in [1.165, 1.54) is 4.88 Å². The summed E-state index contributed by atoms with van der Waals surface area (Å²) in [5, 5.41) is 16.6. The smallest absolute Gasteiger partial charge is 0.176 e. The lowest BCUT2D eigenvalue weighted by Gasteiger charge is -2.24. The summed E-state index contributed by atoms with van der Waals surface area (Å²) in [6.45, 7) is 6.52. The Morgan fingerprint density at radius 1 is 1.29 bits per heavy atom. The molecule has 2 heterocycles. The molecule has 1 aromatic rings. The second kappa shape index (κ2) is 6.83. The molecule has 2 N–H and O–H groups in total. The van der Waals surface area contributed by atoms with Crippen molar-refractivity contribution in [3.05, 3.63) is 9.75 Å². The Balaban J connectivity index is 0.000000437. The number of aryl methyl sites for hydroxylation is 2. The summed E-state index contributed by atoms with van der Waals surface area (Å²) in [6.07, 6.45) is 0.740. The predicted molar refractivity (Wildman–Crippen MR) is 68.2 cm³/mol. The zero-order valence-electron chi connectivity index (χ0n) is 10.5. The van der Waals surface area contributed by atoms with Crippen molar-refractivity contribution >= 4 is 11.3 Å². The van der Waals surface area contributed by atoms with Crippen molar-refractivity contribution < 1.29 is 19.7 Å². The molecule has 1 aliphatic heterocycles. The number of hydrogen-bond donors (Lipinski definition) is 2. The van der Waals surface area contributed by atoms with E-state index < -0.39 is 0 Å².